The lowest BCUT2D eigenvalue weighted by atomic mass is 10.1. The summed E-state index contributed by atoms with van der Waals surface area (Å²) in [6.45, 7) is 10.8. The zero-order valence-corrected chi connectivity index (χ0v) is 9.90. The minimum Gasteiger partial charge on any atom is -0.350 e. The van der Waals surface area contributed by atoms with Crippen LogP contribution in [0.5, 0.6) is 0 Å². The van der Waals surface area contributed by atoms with E-state index in [1.165, 1.54) is 6.42 Å². The first-order valence-corrected chi connectivity index (χ1v) is 5.25. The van der Waals surface area contributed by atoms with Gasteiger partial charge < -0.3 is 10.6 Å². The molecule has 14 heavy (non-hydrogen) atoms. The van der Waals surface area contributed by atoms with Crippen molar-refractivity contribution in [2.45, 2.75) is 52.6 Å². The summed E-state index contributed by atoms with van der Waals surface area (Å²) in [6, 6.07) is 0.521. The van der Waals surface area contributed by atoms with Crippen molar-refractivity contribution in [1.82, 2.24) is 10.6 Å². The second kappa shape index (κ2) is 3.54. The van der Waals surface area contributed by atoms with E-state index in [2.05, 4.69) is 24.5 Å². The third kappa shape index (κ3) is 3.66. The van der Waals surface area contributed by atoms with E-state index in [0.29, 0.717) is 18.0 Å². The van der Waals surface area contributed by atoms with Crippen LogP contribution in [0.2, 0.25) is 0 Å². The third-order valence-electron chi connectivity index (χ3n) is 2.54. The first-order valence-electron chi connectivity index (χ1n) is 5.25. The maximum absolute atomic E-state index is 11.4. The molecule has 0 spiro atoms. The zero-order chi connectivity index (χ0) is 11.0. The Kier molecular flexibility index (Phi) is 2.91. The fraction of sp³-hybridized carbons (Fsp3) is 0.909. The van der Waals surface area contributed by atoms with Gasteiger partial charge in [0.05, 0.1) is 6.54 Å². The third-order valence-corrected chi connectivity index (χ3v) is 2.54. The summed E-state index contributed by atoms with van der Waals surface area (Å²) in [5, 5.41) is 6.19. The van der Waals surface area contributed by atoms with E-state index < -0.39 is 0 Å². The first kappa shape index (κ1) is 11.5. The highest BCUT2D eigenvalue weighted by Crippen LogP contribution is 2.44. The molecule has 0 aromatic heterocycles. The highest BCUT2D eigenvalue weighted by Gasteiger charge is 2.45. The number of amides is 1. The molecule has 1 unspecified atom stereocenters. The number of rotatable bonds is 3. The SMILES string of the molecule is CC(C)(C)NC(=O)CNC1CC1(C)C. The van der Waals surface area contributed by atoms with Crippen molar-refractivity contribution in [1.29, 1.82) is 0 Å². The minimum atomic E-state index is -0.127. The number of hydrogen-bond acceptors (Lipinski definition) is 2. The van der Waals surface area contributed by atoms with Gasteiger partial charge in [-0.25, -0.2) is 0 Å². The predicted molar refractivity (Wildman–Crippen MR) is 58.1 cm³/mol. The Bertz CT molecular complexity index is 228. The van der Waals surface area contributed by atoms with Crippen LogP contribution in [0.1, 0.15) is 41.0 Å². The molecule has 1 aliphatic carbocycles. The quantitative estimate of drug-likeness (QED) is 0.717. The number of carbonyl (C=O) groups is 1. The lowest BCUT2D eigenvalue weighted by Crippen LogP contribution is -2.45. The van der Waals surface area contributed by atoms with Crippen LogP contribution in [-0.2, 0) is 4.79 Å². The molecule has 3 heteroatoms. The average Bonchev–Trinajstić information content (AvgIpc) is 2.51. The lowest BCUT2D eigenvalue weighted by molar-refractivity contribution is -0.121. The fourth-order valence-electron chi connectivity index (χ4n) is 1.49. The standard InChI is InChI=1S/C11H22N2O/c1-10(2,3)13-9(14)7-12-8-6-11(8,4)5/h8,12H,6-7H2,1-5H3,(H,13,14). The van der Waals surface area contributed by atoms with Gasteiger partial charge >= 0.3 is 0 Å². The first-order chi connectivity index (χ1) is 6.21. The second-order valence-corrected chi connectivity index (χ2v) is 5.92. The van der Waals surface area contributed by atoms with Gasteiger partial charge in [0.2, 0.25) is 5.91 Å². The van der Waals surface area contributed by atoms with Crippen LogP contribution in [-0.4, -0.2) is 24.0 Å². The van der Waals surface area contributed by atoms with E-state index in [4.69, 9.17) is 0 Å². The molecule has 1 rings (SSSR count). The molecule has 0 aliphatic heterocycles. The van der Waals surface area contributed by atoms with Crippen molar-refractivity contribution in [3.63, 3.8) is 0 Å². The molecule has 3 nitrogen and oxygen atoms in total. The number of hydrogen-bond donors (Lipinski definition) is 2. The Balaban J connectivity index is 2.17. The molecule has 0 aromatic carbocycles. The second-order valence-electron chi connectivity index (χ2n) is 5.92. The van der Waals surface area contributed by atoms with Gasteiger partial charge in [-0.3, -0.25) is 4.79 Å². The van der Waals surface area contributed by atoms with Gasteiger partial charge in [-0.15, -0.1) is 0 Å². The van der Waals surface area contributed by atoms with E-state index in [1.54, 1.807) is 0 Å². The molecule has 1 aliphatic rings. The molecular formula is C11H22N2O. The van der Waals surface area contributed by atoms with Crippen molar-refractivity contribution >= 4 is 5.91 Å². The van der Waals surface area contributed by atoms with Crippen molar-refractivity contribution < 1.29 is 4.79 Å². The topological polar surface area (TPSA) is 41.1 Å². The summed E-state index contributed by atoms with van der Waals surface area (Å²) < 4.78 is 0. The molecule has 1 amide bonds. The maximum Gasteiger partial charge on any atom is 0.234 e. The Morgan fingerprint density at radius 3 is 2.29 bits per heavy atom. The normalized spacial score (nSPS) is 24.5. The highest BCUT2D eigenvalue weighted by molar-refractivity contribution is 5.78. The monoisotopic (exact) mass is 198 g/mol. The van der Waals surface area contributed by atoms with Crippen molar-refractivity contribution in [2.75, 3.05) is 6.54 Å². The van der Waals surface area contributed by atoms with Crippen LogP contribution in [0.15, 0.2) is 0 Å². The van der Waals surface area contributed by atoms with E-state index in [-0.39, 0.29) is 11.4 Å². The van der Waals surface area contributed by atoms with E-state index >= 15 is 0 Å². The smallest absolute Gasteiger partial charge is 0.234 e. The lowest BCUT2D eigenvalue weighted by Gasteiger charge is -2.20. The maximum atomic E-state index is 11.4. The Hall–Kier alpha value is -0.570. The summed E-state index contributed by atoms with van der Waals surface area (Å²) in [6.07, 6.45) is 1.18. The van der Waals surface area contributed by atoms with E-state index in [0.717, 1.165) is 0 Å². The van der Waals surface area contributed by atoms with Crippen LogP contribution < -0.4 is 10.6 Å². The van der Waals surface area contributed by atoms with Crippen LogP contribution in [0, 0.1) is 5.41 Å². The van der Waals surface area contributed by atoms with Crippen molar-refractivity contribution in [3.8, 4) is 0 Å². The van der Waals surface area contributed by atoms with Crippen LogP contribution in [0.4, 0.5) is 0 Å². The molecule has 0 aromatic rings. The van der Waals surface area contributed by atoms with Gasteiger partial charge in [0.15, 0.2) is 0 Å². The molecular weight excluding hydrogens is 176 g/mol. The summed E-state index contributed by atoms with van der Waals surface area (Å²) in [7, 11) is 0. The molecule has 1 atom stereocenters. The molecule has 2 N–H and O–H groups in total. The molecule has 0 heterocycles. The summed E-state index contributed by atoms with van der Waals surface area (Å²) in [4.78, 5) is 11.4. The molecule has 0 radical (unpaired) electrons. The predicted octanol–water partition coefficient (Wildman–Crippen LogP) is 1.29. The van der Waals surface area contributed by atoms with Crippen LogP contribution in [0.25, 0.3) is 0 Å². The van der Waals surface area contributed by atoms with Gasteiger partial charge in [0.1, 0.15) is 0 Å². The molecule has 0 bridgehead atoms. The molecule has 0 saturated heterocycles. The summed E-state index contributed by atoms with van der Waals surface area (Å²) in [5.74, 6) is 0.0835. The largest absolute Gasteiger partial charge is 0.350 e. The Morgan fingerprint density at radius 2 is 1.93 bits per heavy atom. The Labute approximate surface area is 86.6 Å². The number of carbonyl (C=O) groups excluding carboxylic acids is 1. The van der Waals surface area contributed by atoms with Gasteiger partial charge in [-0.2, -0.15) is 0 Å². The molecule has 1 fully saturated rings. The summed E-state index contributed by atoms with van der Waals surface area (Å²) >= 11 is 0. The van der Waals surface area contributed by atoms with Gasteiger partial charge in [0, 0.05) is 11.6 Å². The number of nitrogens with one attached hydrogen (secondary N) is 2. The average molecular weight is 198 g/mol. The highest BCUT2D eigenvalue weighted by atomic mass is 16.2. The van der Waals surface area contributed by atoms with E-state index in [9.17, 15) is 4.79 Å². The molecule has 82 valence electrons. The summed E-state index contributed by atoms with van der Waals surface area (Å²) in [5.41, 5.74) is 0.264. The van der Waals surface area contributed by atoms with Crippen LogP contribution >= 0.6 is 0 Å². The fourth-order valence-corrected chi connectivity index (χ4v) is 1.49. The van der Waals surface area contributed by atoms with Gasteiger partial charge in [0.25, 0.3) is 0 Å². The zero-order valence-electron chi connectivity index (χ0n) is 9.90. The molecule has 1 saturated carbocycles. The van der Waals surface area contributed by atoms with Crippen LogP contribution in [0.3, 0.4) is 0 Å². The van der Waals surface area contributed by atoms with Crippen molar-refractivity contribution in [3.05, 3.63) is 0 Å². The van der Waals surface area contributed by atoms with Gasteiger partial charge in [-0.1, -0.05) is 13.8 Å². The Morgan fingerprint density at radius 1 is 1.43 bits per heavy atom. The minimum absolute atomic E-state index is 0.0835. The van der Waals surface area contributed by atoms with Crippen molar-refractivity contribution in [2.24, 2.45) is 5.41 Å². The van der Waals surface area contributed by atoms with E-state index in [1.807, 2.05) is 20.8 Å². The van der Waals surface area contributed by atoms with Gasteiger partial charge in [-0.05, 0) is 32.6 Å².